The van der Waals surface area contributed by atoms with Crippen molar-refractivity contribution in [1.82, 2.24) is 15.3 Å². The molecule has 0 unspecified atom stereocenters. The largest absolute Gasteiger partial charge is 0.350 e. The van der Waals surface area contributed by atoms with Gasteiger partial charge in [0.1, 0.15) is 5.82 Å². The first-order valence-corrected chi connectivity index (χ1v) is 7.84. The molecule has 1 heterocycles. The van der Waals surface area contributed by atoms with E-state index in [0.29, 0.717) is 23.6 Å². The lowest BCUT2D eigenvalue weighted by atomic mass is 10.2. The average Bonchev–Trinajstić information content (AvgIpc) is 2.67. The molecular weight excluding hydrogens is 319 g/mol. The van der Waals surface area contributed by atoms with Gasteiger partial charge in [-0.05, 0) is 11.6 Å². The summed E-state index contributed by atoms with van der Waals surface area (Å²) >= 11 is 0. The Morgan fingerprint density at radius 2 is 1.60 bits per heavy atom. The van der Waals surface area contributed by atoms with Crippen molar-refractivity contribution in [2.45, 2.75) is 13.1 Å². The molecule has 0 radical (unpaired) electrons. The molecule has 5 nitrogen and oxygen atoms in total. The van der Waals surface area contributed by atoms with Crippen molar-refractivity contribution in [2.75, 3.05) is 5.32 Å². The van der Waals surface area contributed by atoms with Crippen LogP contribution >= 0.6 is 0 Å². The summed E-state index contributed by atoms with van der Waals surface area (Å²) in [7, 11) is 0. The molecule has 0 aliphatic carbocycles. The van der Waals surface area contributed by atoms with Gasteiger partial charge in [-0.2, -0.15) is 0 Å². The summed E-state index contributed by atoms with van der Waals surface area (Å²) in [5.41, 5.74) is 1.91. The molecule has 126 valence electrons. The Balaban J connectivity index is 1.54. The fourth-order valence-electron chi connectivity index (χ4n) is 2.23. The number of hydrogen-bond acceptors (Lipinski definition) is 4. The number of aromatic nitrogens is 2. The standard InChI is InChI=1S/C19H17FN4O/c20-17-9-5-4-8-15(17)11-22-19-23-12-16(13-24-19)18(25)21-10-14-6-2-1-3-7-14/h1-9,12-13H,10-11H2,(H,21,25)(H,22,23,24). The van der Waals surface area contributed by atoms with E-state index in [1.54, 1.807) is 18.2 Å². The van der Waals surface area contributed by atoms with Crippen molar-refractivity contribution >= 4 is 11.9 Å². The van der Waals surface area contributed by atoms with Crippen molar-refractivity contribution < 1.29 is 9.18 Å². The summed E-state index contributed by atoms with van der Waals surface area (Å²) in [6.45, 7) is 0.708. The molecule has 0 atom stereocenters. The molecule has 25 heavy (non-hydrogen) atoms. The topological polar surface area (TPSA) is 66.9 Å². The first-order chi connectivity index (χ1) is 12.2. The van der Waals surface area contributed by atoms with E-state index in [2.05, 4.69) is 20.6 Å². The van der Waals surface area contributed by atoms with E-state index in [1.807, 2.05) is 30.3 Å². The Labute approximate surface area is 145 Å². The Bertz CT molecular complexity index is 838. The molecule has 0 bridgehead atoms. The Hall–Kier alpha value is -3.28. The normalized spacial score (nSPS) is 10.3. The molecule has 1 aromatic heterocycles. The molecule has 2 aromatic carbocycles. The van der Waals surface area contributed by atoms with Gasteiger partial charge in [0, 0.05) is 31.0 Å². The van der Waals surface area contributed by atoms with E-state index in [0.717, 1.165) is 5.56 Å². The third-order valence-corrected chi connectivity index (χ3v) is 3.60. The van der Waals surface area contributed by atoms with Crippen molar-refractivity contribution in [1.29, 1.82) is 0 Å². The summed E-state index contributed by atoms with van der Waals surface area (Å²) in [5.74, 6) is -0.195. The van der Waals surface area contributed by atoms with E-state index in [9.17, 15) is 9.18 Å². The van der Waals surface area contributed by atoms with Gasteiger partial charge in [0.15, 0.2) is 0 Å². The quantitative estimate of drug-likeness (QED) is 0.726. The fourth-order valence-corrected chi connectivity index (χ4v) is 2.23. The lowest BCUT2D eigenvalue weighted by Gasteiger charge is -2.07. The van der Waals surface area contributed by atoms with Crippen LogP contribution in [-0.4, -0.2) is 15.9 Å². The van der Waals surface area contributed by atoms with Crippen molar-refractivity contribution in [3.63, 3.8) is 0 Å². The highest BCUT2D eigenvalue weighted by atomic mass is 19.1. The smallest absolute Gasteiger partial charge is 0.254 e. The van der Waals surface area contributed by atoms with Crippen LogP contribution in [0, 0.1) is 5.82 Å². The second-order valence-electron chi connectivity index (χ2n) is 5.41. The highest BCUT2D eigenvalue weighted by Gasteiger charge is 2.07. The van der Waals surface area contributed by atoms with Gasteiger partial charge < -0.3 is 10.6 Å². The molecule has 0 saturated heterocycles. The summed E-state index contributed by atoms with van der Waals surface area (Å²) < 4.78 is 13.6. The number of carbonyl (C=O) groups is 1. The fraction of sp³-hybridized carbons (Fsp3) is 0.105. The van der Waals surface area contributed by atoms with Gasteiger partial charge in [-0.1, -0.05) is 48.5 Å². The summed E-state index contributed by atoms with van der Waals surface area (Å²) in [6.07, 6.45) is 2.88. The predicted octanol–water partition coefficient (Wildman–Crippen LogP) is 3.16. The van der Waals surface area contributed by atoms with Gasteiger partial charge in [0.25, 0.3) is 5.91 Å². The lowest BCUT2D eigenvalue weighted by molar-refractivity contribution is 0.0950. The van der Waals surface area contributed by atoms with Crippen molar-refractivity contribution in [3.05, 3.63) is 89.5 Å². The number of anilines is 1. The molecule has 0 spiro atoms. The molecule has 6 heteroatoms. The number of carbonyl (C=O) groups excluding carboxylic acids is 1. The van der Waals surface area contributed by atoms with Gasteiger partial charge >= 0.3 is 0 Å². The maximum atomic E-state index is 13.6. The molecule has 0 aliphatic heterocycles. The number of amides is 1. The van der Waals surface area contributed by atoms with Gasteiger partial charge in [0.2, 0.25) is 5.95 Å². The zero-order chi connectivity index (χ0) is 17.5. The minimum atomic E-state index is -0.285. The number of rotatable bonds is 6. The van der Waals surface area contributed by atoms with Crippen LogP contribution in [0.4, 0.5) is 10.3 Å². The Morgan fingerprint density at radius 3 is 2.32 bits per heavy atom. The van der Waals surface area contributed by atoms with E-state index in [-0.39, 0.29) is 18.3 Å². The van der Waals surface area contributed by atoms with Gasteiger partial charge in [-0.15, -0.1) is 0 Å². The third kappa shape index (κ3) is 4.60. The summed E-state index contributed by atoms with van der Waals surface area (Å²) in [5, 5.41) is 5.74. The van der Waals surface area contributed by atoms with Crippen LogP contribution in [0.1, 0.15) is 21.5 Å². The SMILES string of the molecule is O=C(NCc1ccccc1)c1cnc(NCc2ccccc2F)nc1. The minimum Gasteiger partial charge on any atom is -0.350 e. The van der Waals surface area contributed by atoms with Gasteiger partial charge in [-0.3, -0.25) is 4.79 Å². The predicted molar refractivity (Wildman–Crippen MR) is 93.4 cm³/mol. The molecular formula is C19H17FN4O. The molecule has 0 fully saturated rings. The van der Waals surface area contributed by atoms with Crippen molar-refractivity contribution in [2.24, 2.45) is 0 Å². The molecule has 2 N–H and O–H groups in total. The Morgan fingerprint density at radius 1 is 0.920 bits per heavy atom. The van der Waals surface area contributed by atoms with Crippen LogP contribution in [-0.2, 0) is 13.1 Å². The van der Waals surface area contributed by atoms with E-state index in [1.165, 1.54) is 18.5 Å². The summed E-state index contributed by atoms with van der Waals surface area (Å²) in [6, 6.07) is 16.1. The van der Waals surface area contributed by atoms with Crippen LogP contribution in [0.2, 0.25) is 0 Å². The average molecular weight is 336 g/mol. The monoisotopic (exact) mass is 336 g/mol. The van der Waals surface area contributed by atoms with Crippen LogP contribution in [0.3, 0.4) is 0 Å². The first kappa shape index (κ1) is 16.6. The van der Waals surface area contributed by atoms with Gasteiger partial charge in [0.05, 0.1) is 5.56 Å². The maximum absolute atomic E-state index is 13.6. The number of benzene rings is 2. The zero-order valence-corrected chi connectivity index (χ0v) is 13.4. The van der Waals surface area contributed by atoms with Gasteiger partial charge in [-0.25, -0.2) is 14.4 Å². The highest BCUT2D eigenvalue weighted by Crippen LogP contribution is 2.09. The lowest BCUT2D eigenvalue weighted by Crippen LogP contribution is -2.23. The second-order valence-corrected chi connectivity index (χ2v) is 5.41. The maximum Gasteiger partial charge on any atom is 0.254 e. The van der Waals surface area contributed by atoms with E-state index in [4.69, 9.17) is 0 Å². The zero-order valence-electron chi connectivity index (χ0n) is 13.4. The summed E-state index contributed by atoms with van der Waals surface area (Å²) in [4.78, 5) is 20.3. The van der Waals surface area contributed by atoms with Crippen LogP contribution in [0.15, 0.2) is 67.0 Å². The number of nitrogens with zero attached hydrogens (tertiary/aromatic N) is 2. The Kier molecular flexibility index (Phi) is 5.31. The number of nitrogens with one attached hydrogen (secondary N) is 2. The van der Waals surface area contributed by atoms with E-state index >= 15 is 0 Å². The van der Waals surface area contributed by atoms with Crippen LogP contribution in [0.5, 0.6) is 0 Å². The molecule has 3 aromatic rings. The molecule has 0 saturated carbocycles. The molecule has 3 rings (SSSR count). The molecule has 0 aliphatic rings. The first-order valence-electron chi connectivity index (χ1n) is 7.84. The van der Waals surface area contributed by atoms with Crippen LogP contribution < -0.4 is 10.6 Å². The third-order valence-electron chi connectivity index (χ3n) is 3.60. The van der Waals surface area contributed by atoms with E-state index < -0.39 is 0 Å². The molecule has 1 amide bonds. The number of hydrogen-bond donors (Lipinski definition) is 2. The second kappa shape index (κ2) is 8.01. The number of halogens is 1. The van der Waals surface area contributed by atoms with Crippen LogP contribution in [0.25, 0.3) is 0 Å². The highest BCUT2D eigenvalue weighted by molar-refractivity contribution is 5.93. The van der Waals surface area contributed by atoms with Crippen molar-refractivity contribution in [3.8, 4) is 0 Å². The minimum absolute atomic E-state index is 0.246.